The second-order valence-corrected chi connectivity index (χ2v) is 15.1. The van der Waals surface area contributed by atoms with E-state index in [4.69, 9.17) is 4.74 Å². The van der Waals surface area contributed by atoms with Crippen LogP contribution in [0.2, 0.25) is 0 Å². The van der Waals surface area contributed by atoms with Crippen LogP contribution in [0.3, 0.4) is 0 Å². The highest BCUT2D eigenvalue weighted by molar-refractivity contribution is 5.80. The van der Waals surface area contributed by atoms with E-state index in [1.54, 1.807) is 0 Å². The Kier molecular flexibility index (Phi) is 4.77. The van der Waals surface area contributed by atoms with Crippen LogP contribution >= 0.6 is 0 Å². The van der Waals surface area contributed by atoms with Crippen LogP contribution in [0.15, 0.2) is 0 Å². The summed E-state index contributed by atoms with van der Waals surface area (Å²) in [7, 11) is 0. The van der Waals surface area contributed by atoms with Crippen molar-refractivity contribution in [1.29, 1.82) is 0 Å². The molecule has 2 N–H and O–H groups in total. The summed E-state index contributed by atoms with van der Waals surface area (Å²) in [5, 5.41) is 22.2. The molecular weight excluding hydrogens is 424 g/mol. The van der Waals surface area contributed by atoms with Crippen molar-refractivity contribution in [2.24, 2.45) is 56.7 Å². The molecule has 7 fully saturated rings. The number of fused-ring (bicyclic) bond motifs is 7. The Balaban J connectivity index is 1.44. The fourth-order valence-corrected chi connectivity index (χ4v) is 12.2. The van der Waals surface area contributed by atoms with Crippen LogP contribution in [-0.4, -0.2) is 34.5 Å². The third kappa shape index (κ3) is 2.42. The van der Waals surface area contributed by atoms with Gasteiger partial charge >= 0.3 is 5.97 Å². The fraction of sp³-hybridized carbons (Fsp3) is 0.967. The van der Waals surface area contributed by atoms with Crippen molar-refractivity contribution in [1.82, 2.24) is 0 Å². The standard InChI is InChI=1S/C30H48O4/c1-18-23-19-7-8-21-26(4)11-10-22(32)25(2,3)20(26)9-12-27(21,5)30(19,17-31)16-15-29(23)14-13-28(18,6)34-24(29)33/h18-23,31-32H,7-17H2,1-6H3/t18?,19-,20?,21-,22-,23?,26+,27-,28+,29+,30+/m1/s1. The van der Waals surface area contributed by atoms with Crippen molar-refractivity contribution < 1.29 is 19.7 Å². The summed E-state index contributed by atoms with van der Waals surface area (Å²) in [6, 6.07) is 0. The summed E-state index contributed by atoms with van der Waals surface area (Å²) in [6.45, 7) is 14.4. The molecule has 7 rings (SSSR count). The lowest BCUT2D eigenvalue weighted by Crippen LogP contribution is -2.73. The maximum Gasteiger partial charge on any atom is 0.312 e. The average Bonchev–Trinajstić information content (AvgIpc) is 2.78. The summed E-state index contributed by atoms with van der Waals surface area (Å²) >= 11 is 0. The Morgan fingerprint density at radius 2 is 1.59 bits per heavy atom. The third-order valence-corrected chi connectivity index (χ3v) is 14.3. The lowest BCUT2D eigenvalue weighted by Gasteiger charge is -2.75. The summed E-state index contributed by atoms with van der Waals surface area (Å²) in [5.41, 5.74) is -0.530. The Hall–Kier alpha value is -0.610. The number of esters is 1. The summed E-state index contributed by atoms with van der Waals surface area (Å²) < 4.78 is 6.12. The minimum Gasteiger partial charge on any atom is -0.459 e. The van der Waals surface area contributed by atoms with Crippen molar-refractivity contribution in [2.45, 2.75) is 117 Å². The molecule has 1 spiro atoms. The maximum absolute atomic E-state index is 13.4. The molecular formula is C30H48O4. The molecule has 11 atom stereocenters. The van der Waals surface area contributed by atoms with Crippen LogP contribution < -0.4 is 0 Å². The highest BCUT2D eigenvalue weighted by Gasteiger charge is 2.75. The zero-order valence-electron chi connectivity index (χ0n) is 22.5. The number of aliphatic hydroxyl groups is 2. The average molecular weight is 473 g/mol. The predicted octanol–water partition coefficient (Wildman–Crippen LogP) is 5.74. The smallest absolute Gasteiger partial charge is 0.312 e. The monoisotopic (exact) mass is 472 g/mol. The number of rotatable bonds is 1. The first-order valence-corrected chi connectivity index (χ1v) is 14.3. The van der Waals surface area contributed by atoms with Crippen LogP contribution in [0.25, 0.3) is 0 Å². The predicted molar refractivity (Wildman–Crippen MR) is 132 cm³/mol. The molecule has 0 amide bonds. The number of carbonyl (C=O) groups is 1. The summed E-state index contributed by atoms with van der Waals surface area (Å²) in [6.07, 6.45) is 10.2. The molecule has 4 nitrogen and oxygen atoms in total. The van der Waals surface area contributed by atoms with E-state index in [2.05, 4.69) is 41.5 Å². The van der Waals surface area contributed by atoms with E-state index in [0.717, 1.165) is 57.8 Å². The molecule has 4 heteroatoms. The van der Waals surface area contributed by atoms with Gasteiger partial charge in [-0.05, 0) is 117 Å². The molecule has 0 aromatic rings. The second-order valence-electron chi connectivity index (χ2n) is 15.1. The molecule has 34 heavy (non-hydrogen) atoms. The van der Waals surface area contributed by atoms with Gasteiger partial charge in [-0.1, -0.05) is 34.6 Å². The van der Waals surface area contributed by atoms with E-state index < -0.39 is 0 Å². The zero-order valence-corrected chi connectivity index (χ0v) is 22.5. The van der Waals surface area contributed by atoms with Crippen LogP contribution in [0.1, 0.15) is 106 Å². The molecule has 5 saturated carbocycles. The molecule has 2 saturated heterocycles. The van der Waals surface area contributed by atoms with Crippen molar-refractivity contribution in [3.63, 3.8) is 0 Å². The minimum absolute atomic E-state index is 0.0520. The fourth-order valence-electron chi connectivity index (χ4n) is 12.2. The minimum atomic E-state index is -0.340. The zero-order chi connectivity index (χ0) is 24.5. The van der Waals surface area contributed by atoms with Gasteiger partial charge < -0.3 is 14.9 Å². The van der Waals surface area contributed by atoms with Crippen molar-refractivity contribution in [2.75, 3.05) is 6.61 Å². The normalized spacial score (nSPS) is 59.8. The lowest BCUT2D eigenvalue weighted by atomic mass is 9.30. The highest BCUT2D eigenvalue weighted by Crippen LogP contribution is 2.78. The van der Waals surface area contributed by atoms with Gasteiger partial charge in [0.2, 0.25) is 0 Å². The summed E-state index contributed by atoms with van der Waals surface area (Å²) in [5.74, 6) is 2.26. The quantitative estimate of drug-likeness (QED) is 0.478. The molecule has 0 aromatic carbocycles. The van der Waals surface area contributed by atoms with E-state index in [1.165, 1.54) is 6.42 Å². The number of aliphatic hydroxyl groups excluding tert-OH is 2. The molecule has 5 aliphatic carbocycles. The van der Waals surface area contributed by atoms with E-state index in [9.17, 15) is 15.0 Å². The van der Waals surface area contributed by atoms with Crippen LogP contribution in [0, 0.1) is 56.7 Å². The van der Waals surface area contributed by atoms with Gasteiger partial charge in [-0.3, -0.25) is 4.79 Å². The number of ether oxygens (including phenoxy) is 1. The molecule has 7 aliphatic rings. The van der Waals surface area contributed by atoms with Gasteiger partial charge in [0, 0.05) is 12.0 Å². The first kappa shape index (κ1) is 23.8. The molecule has 3 unspecified atom stereocenters. The van der Waals surface area contributed by atoms with Crippen LogP contribution in [0.5, 0.6) is 0 Å². The Bertz CT molecular complexity index is 898. The number of hydrogen-bond acceptors (Lipinski definition) is 4. The SMILES string of the molecule is CC1C2[C@H]3CC[C@@H]4[C@@]5(C)CC[C@@H](O)C(C)(C)C5CC[C@@]4(C)[C@]3(CO)CC[C@@]23CC[C@]1(C)OC3=O. The van der Waals surface area contributed by atoms with Crippen molar-refractivity contribution >= 4 is 5.97 Å². The van der Waals surface area contributed by atoms with Crippen LogP contribution in [-0.2, 0) is 9.53 Å². The maximum atomic E-state index is 13.4. The van der Waals surface area contributed by atoms with Gasteiger partial charge in [0.25, 0.3) is 0 Å². The molecule has 2 heterocycles. The molecule has 0 aromatic heterocycles. The van der Waals surface area contributed by atoms with Gasteiger partial charge in [-0.25, -0.2) is 0 Å². The Labute approximate surface area is 206 Å². The van der Waals surface area contributed by atoms with Crippen molar-refractivity contribution in [3.05, 3.63) is 0 Å². The largest absolute Gasteiger partial charge is 0.459 e. The lowest BCUT2D eigenvalue weighted by molar-refractivity contribution is -0.298. The Morgan fingerprint density at radius 3 is 2.26 bits per heavy atom. The van der Waals surface area contributed by atoms with Gasteiger partial charge in [0.15, 0.2) is 0 Å². The van der Waals surface area contributed by atoms with E-state index in [-0.39, 0.29) is 51.4 Å². The third-order valence-electron chi connectivity index (χ3n) is 14.3. The van der Waals surface area contributed by atoms with Gasteiger partial charge in [-0.15, -0.1) is 0 Å². The summed E-state index contributed by atoms with van der Waals surface area (Å²) in [4.78, 5) is 13.4. The second kappa shape index (κ2) is 6.82. The highest BCUT2D eigenvalue weighted by atomic mass is 16.6. The first-order valence-electron chi connectivity index (χ1n) is 14.3. The molecule has 192 valence electrons. The molecule has 0 radical (unpaired) electrons. The Morgan fingerprint density at radius 1 is 0.882 bits per heavy atom. The van der Waals surface area contributed by atoms with Crippen LogP contribution in [0.4, 0.5) is 0 Å². The van der Waals surface area contributed by atoms with E-state index in [0.29, 0.717) is 29.6 Å². The number of carbonyl (C=O) groups excluding carboxylic acids is 1. The first-order chi connectivity index (χ1) is 15.8. The van der Waals surface area contributed by atoms with Crippen molar-refractivity contribution in [3.8, 4) is 0 Å². The number of hydrogen-bond donors (Lipinski definition) is 2. The topological polar surface area (TPSA) is 66.8 Å². The molecule has 2 aliphatic heterocycles. The van der Waals surface area contributed by atoms with Gasteiger partial charge in [0.1, 0.15) is 5.60 Å². The molecule has 2 bridgehead atoms. The van der Waals surface area contributed by atoms with Gasteiger partial charge in [-0.2, -0.15) is 0 Å². The van der Waals surface area contributed by atoms with E-state index >= 15 is 0 Å². The van der Waals surface area contributed by atoms with E-state index in [1.807, 2.05) is 0 Å². The van der Waals surface area contributed by atoms with Gasteiger partial charge in [0.05, 0.1) is 11.5 Å².